The smallest absolute Gasteiger partial charge is 0.263 e. The summed E-state index contributed by atoms with van der Waals surface area (Å²) in [6.45, 7) is 5.48. The van der Waals surface area contributed by atoms with Crippen molar-refractivity contribution in [3.63, 3.8) is 0 Å². The molecule has 1 aromatic carbocycles. The molecule has 1 amide bonds. The molecule has 0 unspecified atom stereocenters. The number of carbonyl (C=O) groups is 1. The molecule has 0 bridgehead atoms. The van der Waals surface area contributed by atoms with Gasteiger partial charge in [-0.3, -0.25) is 4.79 Å². The number of rotatable bonds is 6. The summed E-state index contributed by atoms with van der Waals surface area (Å²) in [5.41, 5.74) is -2.02. The van der Waals surface area contributed by atoms with E-state index in [1.165, 1.54) is 12.0 Å². The van der Waals surface area contributed by atoms with Crippen LogP contribution in [0.5, 0.6) is 5.75 Å². The van der Waals surface area contributed by atoms with E-state index in [4.69, 9.17) is 4.74 Å². The topological polar surface area (TPSA) is 49.8 Å². The maximum Gasteiger partial charge on any atom is 0.263 e. The van der Waals surface area contributed by atoms with E-state index < -0.39 is 17.7 Å². The van der Waals surface area contributed by atoms with Gasteiger partial charge in [0.25, 0.3) is 5.91 Å². The molecule has 1 N–H and O–H groups in total. The van der Waals surface area contributed by atoms with Crippen LogP contribution in [0.15, 0.2) is 24.3 Å². The number of aliphatic hydroxyl groups is 1. The van der Waals surface area contributed by atoms with Gasteiger partial charge in [0.05, 0.1) is 7.11 Å². The fraction of sp³-hybridized carbons (Fsp3) is 0.533. The second-order valence-corrected chi connectivity index (χ2v) is 4.73. The number of methoxy groups -OCH3 is 1. The first-order chi connectivity index (χ1) is 9.38. The average Bonchev–Trinajstić information content (AvgIpc) is 2.47. The number of ether oxygens (including phenoxy) is 1. The summed E-state index contributed by atoms with van der Waals surface area (Å²) in [5, 5.41) is 10.2. The molecule has 112 valence electrons. The van der Waals surface area contributed by atoms with Crippen molar-refractivity contribution >= 4 is 5.91 Å². The Labute approximate surface area is 119 Å². The maximum absolute atomic E-state index is 14.7. The number of nitrogens with zero attached hydrogens (tertiary/aromatic N) is 1. The molecular weight excluding hydrogens is 261 g/mol. The molecule has 20 heavy (non-hydrogen) atoms. The van der Waals surface area contributed by atoms with Crippen molar-refractivity contribution in [1.29, 1.82) is 0 Å². The largest absolute Gasteiger partial charge is 0.497 e. The van der Waals surface area contributed by atoms with Gasteiger partial charge in [0.2, 0.25) is 5.67 Å². The van der Waals surface area contributed by atoms with Gasteiger partial charge in [-0.25, -0.2) is 4.39 Å². The summed E-state index contributed by atoms with van der Waals surface area (Å²) in [7, 11) is 1.52. The van der Waals surface area contributed by atoms with Gasteiger partial charge < -0.3 is 14.7 Å². The molecule has 4 nitrogen and oxygen atoms in total. The zero-order chi connectivity index (χ0) is 15.3. The van der Waals surface area contributed by atoms with E-state index in [2.05, 4.69) is 0 Å². The molecule has 0 aliphatic rings. The Balaban J connectivity index is 2.97. The molecule has 0 saturated heterocycles. The summed E-state index contributed by atoms with van der Waals surface area (Å²) in [5.74, 6) is -0.0950. The number of benzene rings is 1. The second-order valence-electron chi connectivity index (χ2n) is 4.73. The van der Waals surface area contributed by atoms with Gasteiger partial charge in [0.1, 0.15) is 11.9 Å². The summed E-state index contributed by atoms with van der Waals surface area (Å²) in [4.78, 5) is 13.5. The van der Waals surface area contributed by atoms with Crippen LogP contribution in [0.2, 0.25) is 0 Å². The SMILES string of the molecule is CCN(CC)C(=O)[C@](C)(F)[C@@H](O)c1ccc(OC)cc1. The lowest BCUT2D eigenvalue weighted by Crippen LogP contribution is -2.47. The van der Waals surface area contributed by atoms with Gasteiger partial charge in [-0.2, -0.15) is 0 Å². The Morgan fingerprint density at radius 1 is 1.35 bits per heavy atom. The van der Waals surface area contributed by atoms with Gasteiger partial charge in [0.15, 0.2) is 0 Å². The number of alkyl halides is 1. The molecule has 5 heteroatoms. The highest BCUT2D eigenvalue weighted by molar-refractivity contribution is 5.85. The summed E-state index contributed by atoms with van der Waals surface area (Å²) >= 11 is 0. The Kier molecular flexibility index (Phi) is 5.51. The standard InChI is InChI=1S/C15H22FNO3/c1-5-17(6-2)14(19)15(3,16)13(18)11-7-9-12(20-4)10-8-11/h7-10,13,18H,5-6H2,1-4H3/t13-,15+/m0/s1. The number of amides is 1. The Hall–Kier alpha value is -1.62. The van der Waals surface area contributed by atoms with Crippen molar-refractivity contribution in [2.45, 2.75) is 32.5 Å². The van der Waals surface area contributed by atoms with Crippen LogP contribution in [0, 0.1) is 0 Å². The highest BCUT2D eigenvalue weighted by atomic mass is 19.1. The molecule has 0 heterocycles. The zero-order valence-corrected chi connectivity index (χ0v) is 12.4. The highest BCUT2D eigenvalue weighted by Crippen LogP contribution is 2.32. The zero-order valence-electron chi connectivity index (χ0n) is 12.4. The Morgan fingerprint density at radius 3 is 2.25 bits per heavy atom. The van der Waals surface area contributed by atoms with Crippen LogP contribution < -0.4 is 4.74 Å². The van der Waals surface area contributed by atoms with E-state index >= 15 is 0 Å². The fourth-order valence-corrected chi connectivity index (χ4v) is 2.04. The van der Waals surface area contributed by atoms with E-state index in [1.54, 1.807) is 38.1 Å². The minimum absolute atomic E-state index is 0.344. The first-order valence-electron chi connectivity index (χ1n) is 6.68. The molecule has 0 aliphatic heterocycles. The van der Waals surface area contributed by atoms with Gasteiger partial charge >= 0.3 is 0 Å². The molecule has 0 radical (unpaired) electrons. The van der Waals surface area contributed by atoms with Crippen LogP contribution in [-0.2, 0) is 4.79 Å². The van der Waals surface area contributed by atoms with E-state index in [9.17, 15) is 14.3 Å². The van der Waals surface area contributed by atoms with Crippen LogP contribution in [0.1, 0.15) is 32.4 Å². The third-order valence-corrected chi connectivity index (χ3v) is 3.41. The molecule has 2 atom stereocenters. The number of carbonyl (C=O) groups excluding carboxylic acids is 1. The predicted octanol–water partition coefficient (Wildman–Crippen LogP) is 2.33. The van der Waals surface area contributed by atoms with Crippen LogP contribution in [-0.4, -0.2) is 41.8 Å². The normalized spacial score (nSPS) is 15.3. The van der Waals surface area contributed by atoms with E-state index in [0.29, 0.717) is 24.4 Å². The number of hydrogen-bond donors (Lipinski definition) is 1. The monoisotopic (exact) mass is 283 g/mol. The van der Waals surface area contributed by atoms with Gasteiger partial charge in [-0.05, 0) is 38.5 Å². The minimum Gasteiger partial charge on any atom is -0.497 e. The van der Waals surface area contributed by atoms with Crippen molar-refractivity contribution < 1.29 is 19.0 Å². The van der Waals surface area contributed by atoms with Crippen LogP contribution in [0.3, 0.4) is 0 Å². The molecule has 1 aromatic rings. The minimum atomic E-state index is -2.36. The quantitative estimate of drug-likeness (QED) is 0.871. The summed E-state index contributed by atoms with van der Waals surface area (Å²) in [6.07, 6.45) is -1.51. The van der Waals surface area contributed by atoms with Gasteiger partial charge in [-0.15, -0.1) is 0 Å². The first kappa shape index (κ1) is 16.4. The Bertz CT molecular complexity index is 441. The van der Waals surface area contributed by atoms with Crippen LogP contribution >= 0.6 is 0 Å². The predicted molar refractivity (Wildman–Crippen MR) is 75.4 cm³/mol. The lowest BCUT2D eigenvalue weighted by atomic mass is 9.93. The van der Waals surface area contributed by atoms with Gasteiger partial charge in [-0.1, -0.05) is 12.1 Å². The first-order valence-corrected chi connectivity index (χ1v) is 6.68. The third kappa shape index (κ3) is 3.28. The third-order valence-electron chi connectivity index (χ3n) is 3.41. The van der Waals surface area contributed by atoms with Crippen molar-refractivity contribution in [3.8, 4) is 5.75 Å². The lowest BCUT2D eigenvalue weighted by Gasteiger charge is -2.31. The summed E-state index contributed by atoms with van der Waals surface area (Å²) < 4.78 is 19.7. The molecule has 0 aromatic heterocycles. The van der Waals surface area contributed by atoms with Crippen molar-refractivity contribution in [3.05, 3.63) is 29.8 Å². The summed E-state index contributed by atoms with van der Waals surface area (Å²) in [6, 6.07) is 6.35. The molecule has 0 saturated carbocycles. The van der Waals surface area contributed by atoms with E-state index in [1.807, 2.05) is 0 Å². The Morgan fingerprint density at radius 2 is 1.85 bits per heavy atom. The number of halogens is 1. The van der Waals surface area contributed by atoms with Crippen molar-refractivity contribution in [2.24, 2.45) is 0 Å². The fourth-order valence-electron chi connectivity index (χ4n) is 2.04. The molecule has 1 rings (SSSR count). The van der Waals surface area contributed by atoms with Crippen molar-refractivity contribution in [1.82, 2.24) is 4.90 Å². The van der Waals surface area contributed by atoms with E-state index in [-0.39, 0.29) is 0 Å². The number of hydrogen-bond acceptors (Lipinski definition) is 3. The van der Waals surface area contributed by atoms with Crippen LogP contribution in [0.4, 0.5) is 4.39 Å². The lowest BCUT2D eigenvalue weighted by molar-refractivity contribution is -0.150. The highest BCUT2D eigenvalue weighted by Gasteiger charge is 2.43. The molecule has 0 aliphatic carbocycles. The van der Waals surface area contributed by atoms with Crippen molar-refractivity contribution in [2.75, 3.05) is 20.2 Å². The maximum atomic E-state index is 14.7. The average molecular weight is 283 g/mol. The van der Waals surface area contributed by atoms with Gasteiger partial charge in [0, 0.05) is 13.1 Å². The number of aliphatic hydroxyl groups excluding tert-OH is 1. The molecule has 0 spiro atoms. The van der Waals surface area contributed by atoms with Crippen LogP contribution in [0.25, 0.3) is 0 Å². The molecule has 0 fully saturated rings. The molecular formula is C15H22FNO3. The second kappa shape index (κ2) is 6.70. The van der Waals surface area contributed by atoms with E-state index in [0.717, 1.165) is 6.92 Å².